The number of ketones is 1. The van der Waals surface area contributed by atoms with E-state index in [9.17, 15) is 10.1 Å². The number of piperidine rings is 1. The molecule has 0 spiro atoms. The van der Waals surface area contributed by atoms with Gasteiger partial charge in [0.1, 0.15) is 24.2 Å². The molecule has 2 unspecified atom stereocenters. The quantitative estimate of drug-likeness (QED) is 0.354. The Balaban J connectivity index is 1.19. The van der Waals surface area contributed by atoms with Gasteiger partial charge in [-0.3, -0.25) is 9.69 Å². The zero-order valence-corrected chi connectivity index (χ0v) is 21.2. The summed E-state index contributed by atoms with van der Waals surface area (Å²) in [6.07, 6.45) is 8.12. The number of carbonyl (C=O) groups excluding carboxylic acids is 1. The lowest BCUT2D eigenvalue weighted by Crippen LogP contribution is -2.68. The first-order chi connectivity index (χ1) is 18.5. The zero-order chi connectivity index (χ0) is 26.2. The molecule has 2 bridgehead atoms. The van der Waals surface area contributed by atoms with E-state index in [1.807, 2.05) is 36.7 Å². The summed E-state index contributed by atoms with van der Waals surface area (Å²) in [6.45, 7) is 4.18. The Morgan fingerprint density at radius 3 is 2.63 bits per heavy atom. The van der Waals surface area contributed by atoms with Crippen molar-refractivity contribution in [2.45, 2.75) is 32.0 Å². The van der Waals surface area contributed by atoms with E-state index in [4.69, 9.17) is 14.5 Å². The number of rotatable bonds is 8. The maximum atomic E-state index is 11.4. The molecule has 3 saturated heterocycles. The van der Waals surface area contributed by atoms with Gasteiger partial charge in [-0.15, -0.1) is 0 Å². The largest absolute Gasteiger partial charge is 0.484 e. The molecule has 7 heterocycles. The smallest absolute Gasteiger partial charge is 0.212 e. The van der Waals surface area contributed by atoms with E-state index in [2.05, 4.69) is 32.0 Å². The van der Waals surface area contributed by atoms with Crippen LogP contribution < -0.4 is 14.4 Å². The van der Waals surface area contributed by atoms with Crippen LogP contribution in [0, 0.1) is 11.3 Å². The summed E-state index contributed by atoms with van der Waals surface area (Å²) in [5.74, 6) is 1.99. The van der Waals surface area contributed by atoms with Crippen LogP contribution in [0.15, 0.2) is 55.1 Å². The normalized spacial score (nSPS) is 18.6. The van der Waals surface area contributed by atoms with Crippen LogP contribution in [0.3, 0.4) is 0 Å². The van der Waals surface area contributed by atoms with Crippen molar-refractivity contribution in [3.05, 3.63) is 66.2 Å². The highest BCUT2D eigenvalue weighted by molar-refractivity contribution is 5.85. The van der Waals surface area contributed by atoms with Gasteiger partial charge >= 0.3 is 0 Å². The number of pyridine rings is 3. The van der Waals surface area contributed by atoms with Crippen molar-refractivity contribution in [1.29, 1.82) is 5.26 Å². The van der Waals surface area contributed by atoms with E-state index in [0.717, 1.165) is 36.6 Å². The number of ether oxygens (including phenoxy) is 2. The number of hydrogen-bond acceptors (Lipinski definition) is 9. The van der Waals surface area contributed by atoms with E-state index in [0.29, 0.717) is 34.8 Å². The summed E-state index contributed by atoms with van der Waals surface area (Å²) in [7, 11) is 1.63. The van der Waals surface area contributed by atoms with Crippen LogP contribution in [0.2, 0.25) is 0 Å². The van der Waals surface area contributed by atoms with E-state index < -0.39 is 0 Å². The minimum atomic E-state index is -0.0744. The molecule has 3 aliphatic rings. The molecule has 0 N–H and O–H groups in total. The van der Waals surface area contributed by atoms with Gasteiger partial charge in [-0.25, -0.2) is 14.5 Å². The van der Waals surface area contributed by atoms with Crippen LogP contribution in [0.25, 0.3) is 16.6 Å². The third-order valence-electron chi connectivity index (χ3n) is 7.25. The second-order valence-electron chi connectivity index (χ2n) is 9.78. The molecule has 2 atom stereocenters. The summed E-state index contributed by atoms with van der Waals surface area (Å²) in [5.41, 5.74) is 3.96. The number of anilines is 1. The number of nitriles is 1. The lowest BCUT2D eigenvalue weighted by molar-refractivity contribution is -0.118. The van der Waals surface area contributed by atoms with Crippen LogP contribution in [0.4, 0.5) is 5.82 Å². The van der Waals surface area contributed by atoms with Gasteiger partial charge in [-0.2, -0.15) is 10.4 Å². The fourth-order valence-electron chi connectivity index (χ4n) is 5.36. The minimum Gasteiger partial charge on any atom is -0.484 e. The topological polar surface area (TPSA) is 109 Å². The molecular weight excluding hydrogens is 482 g/mol. The second-order valence-corrected chi connectivity index (χ2v) is 9.78. The average Bonchev–Trinajstić information content (AvgIpc) is 3.38. The van der Waals surface area contributed by atoms with Crippen molar-refractivity contribution < 1.29 is 14.3 Å². The average molecular weight is 510 g/mol. The summed E-state index contributed by atoms with van der Waals surface area (Å²) in [6, 6.07) is 13.0. The number of methoxy groups -OCH3 is 1. The summed E-state index contributed by atoms with van der Waals surface area (Å²) in [4.78, 5) is 25.4. The van der Waals surface area contributed by atoms with Gasteiger partial charge in [0.2, 0.25) is 5.88 Å². The highest BCUT2D eigenvalue weighted by atomic mass is 16.5. The van der Waals surface area contributed by atoms with Gasteiger partial charge in [0, 0.05) is 61.3 Å². The number of aromatic nitrogens is 4. The zero-order valence-electron chi connectivity index (χ0n) is 21.2. The number of carbonyl (C=O) groups is 1. The van der Waals surface area contributed by atoms with E-state index in [1.165, 1.54) is 25.1 Å². The van der Waals surface area contributed by atoms with Crippen molar-refractivity contribution in [2.75, 3.05) is 31.7 Å². The Morgan fingerprint density at radius 1 is 1.13 bits per heavy atom. The Morgan fingerprint density at radius 2 is 1.97 bits per heavy atom. The van der Waals surface area contributed by atoms with Crippen molar-refractivity contribution >= 4 is 17.1 Å². The Kier molecular flexibility index (Phi) is 6.13. The van der Waals surface area contributed by atoms with Crippen LogP contribution in [0.1, 0.15) is 24.5 Å². The van der Waals surface area contributed by atoms with Crippen molar-refractivity contribution in [1.82, 2.24) is 24.5 Å². The number of nitrogens with zero attached hydrogens (tertiary/aromatic N) is 7. The molecule has 0 amide bonds. The lowest BCUT2D eigenvalue weighted by atomic mass is 9.87. The standard InChI is InChI=1S/C28H27N7O3/c1-18(36)17-38-24-8-25(28-21(9-29)12-32-35(28)16-24)20-4-5-26(30-11-20)33-14-22-7-23(15-33)34(22)13-19-3-6-27(37-2)31-10-19/h3-6,8,10-12,16,22-23H,7,13-15,17H2,1-2H3. The fraction of sp³-hybridized carbons (Fsp3) is 0.321. The molecule has 38 heavy (non-hydrogen) atoms. The van der Waals surface area contributed by atoms with Gasteiger partial charge in [-0.1, -0.05) is 6.07 Å². The van der Waals surface area contributed by atoms with E-state index in [-0.39, 0.29) is 12.4 Å². The molecule has 0 radical (unpaired) electrons. The summed E-state index contributed by atoms with van der Waals surface area (Å²) in [5, 5.41) is 13.9. The SMILES string of the molecule is COc1ccc(CN2C3CC2CN(c2ccc(-c4cc(OCC(C)=O)cn5ncc(C#N)c45)cn2)C3)cn1. The van der Waals surface area contributed by atoms with Crippen LogP contribution >= 0.6 is 0 Å². The van der Waals surface area contributed by atoms with Gasteiger partial charge in [0.05, 0.1) is 30.6 Å². The first-order valence-corrected chi connectivity index (χ1v) is 12.5. The number of Topliss-reactive ketones (excluding diaryl/α,β-unsaturated/α-hetero) is 1. The van der Waals surface area contributed by atoms with Gasteiger partial charge in [0.15, 0.2) is 5.78 Å². The molecule has 4 aromatic heterocycles. The second kappa shape index (κ2) is 9.76. The fourth-order valence-corrected chi connectivity index (χ4v) is 5.36. The van der Waals surface area contributed by atoms with Crippen molar-refractivity contribution in [3.8, 4) is 28.8 Å². The predicted molar refractivity (Wildman–Crippen MR) is 140 cm³/mol. The van der Waals surface area contributed by atoms with Crippen LogP contribution in [0.5, 0.6) is 11.6 Å². The molecule has 3 aliphatic heterocycles. The predicted octanol–water partition coefficient (Wildman–Crippen LogP) is 3.10. The molecule has 7 rings (SSSR count). The highest BCUT2D eigenvalue weighted by Crippen LogP contribution is 2.36. The monoisotopic (exact) mass is 509 g/mol. The van der Waals surface area contributed by atoms with E-state index in [1.54, 1.807) is 17.8 Å². The molecule has 4 aromatic rings. The first kappa shape index (κ1) is 23.9. The third kappa shape index (κ3) is 4.41. The van der Waals surface area contributed by atoms with Crippen molar-refractivity contribution in [3.63, 3.8) is 0 Å². The number of hydrogen-bond donors (Lipinski definition) is 0. The maximum Gasteiger partial charge on any atom is 0.212 e. The number of fused-ring (bicyclic) bond motifs is 3. The molecule has 0 aliphatic carbocycles. The molecular formula is C28H27N7O3. The maximum absolute atomic E-state index is 11.4. The van der Waals surface area contributed by atoms with Gasteiger partial charge in [0.25, 0.3) is 0 Å². The molecule has 10 nitrogen and oxygen atoms in total. The van der Waals surface area contributed by atoms with Gasteiger partial charge < -0.3 is 14.4 Å². The first-order valence-electron chi connectivity index (χ1n) is 12.5. The molecule has 192 valence electrons. The Bertz CT molecular complexity index is 1510. The number of piperazine rings is 1. The molecule has 10 heteroatoms. The molecule has 0 saturated carbocycles. The molecule has 0 aromatic carbocycles. The summed E-state index contributed by atoms with van der Waals surface area (Å²) < 4.78 is 12.4. The molecule has 3 fully saturated rings. The van der Waals surface area contributed by atoms with Crippen LogP contribution in [-0.2, 0) is 11.3 Å². The van der Waals surface area contributed by atoms with E-state index >= 15 is 0 Å². The summed E-state index contributed by atoms with van der Waals surface area (Å²) >= 11 is 0. The van der Waals surface area contributed by atoms with Crippen LogP contribution in [-0.4, -0.2) is 69.2 Å². The Labute approximate surface area is 220 Å². The third-order valence-corrected chi connectivity index (χ3v) is 7.25. The van der Waals surface area contributed by atoms with Crippen molar-refractivity contribution in [2.24, 2.45) is 0 Å². The highest BCUT2D eigenvalue weighted by Gasteiger charge is 2.44. The lowest BCUT2D eigenvalue weighted by Gasteiger charge is -2.56. The van der Waals surface area contributed by atoms with Gasteiger partial charge in [-0.05, 0) is 37.1 Å². The minimum absolute atomic E-state index is 0.0300. The Hall–Kier alpha value is -4.49.